The van der Waals surface area contributed by atoms with Gasteiger partial charge in [-0.1, -0.05) is 32.9 Å². The maximum absolute atomic E-state index is 12.7. The first kappa shape index (κ1) is 15.3. The first-order chi connectivity index (χ1) is 9.13. The molecule has 3 nitrogen and oxygen atoms in total. The van der Waals surface area contributed by atoms with Crippen molar-refractivity contribution in [2.45, 2.75) is 39.2 Å². The largest absolute Gasteiger partial charge is 0.329 e. The van der Waals surface area contributed by atoms with Crippen LogP contribution in [0.5, 0.6) is 0 Å². The van der Waals surface area contributed by atoms with Crippen molar-refractivity contribution in [2.24, 2.45) is 0 Å². The zero-order chi connectivity index (χ0) is 13.6. The fraction of sp³-hybridized carbons (Fsp3) is 0.562. The number of halogens is 1. The van der Waals surface area contributed by atoms with Crippen LogP contribution in [0, 0.1) is 0 Å². The Morgan fingerprint density at radius 1 is 1.40 bits per heavy atom. The van der Waals surface area contributed by atoms with Gasteiger partial charge in [-0.2, -0.15) is 0 Å². The van der Waals surface area contributed by atoms with E-state index < -0.39 is 0 Å². The molecule has 0 aliphatic carbocycles. The second-order valence-electron chi connectivity index (χ2n) is 5.88. The van der Waals surface area contributed by atoms with Crippen LogP contribution in [-0.4, -0.2) is 30.4 Å². The lowest BCUT2D eigenvalue weighted by Gasteiger charge is -2.30. The molecule has 3 rings (SSSR count). The van der Waals surface area contributed by atoms with Gasteiger partial charge in [-0.3, -0.25) is 4.79 Å². The number of benzene rings is 1. The molecule has 2 heterocycles. The lowest BCUT2D eigenvalue weighted by atomic mass is 9.89. The van der Waals surface area contributed by atoms with Crippen LogP contribution in [0.25, 0.3) is 0 Å². The number of amides is 1. The zero-order valence-corrected chi connectivity index (χ0v) is 13.2. The van der Waals surface area contributed by atoms with Gasteiger partial charge in [-0.25, -0.2) is 0 Å². The van der Waals surface area contributed by atoms with E-state index >= 15 is 0 Å². The normalized spacial score (nSPS) is 20.7. The minimum Gasteiger partial charge on any atom is -0.329 e. The lowest BCUT2D eigenvalue weighted by molar-refractivity contribution is 0.0690. The Morgan fingerprint density at radius 2 is 2.15 bits per heavy atom. The molecule has 1 saturated heterocycles. The second kappa shape index (κ2) is 5.74. The van der Waals surface area contributed by atoms with Crippen LogP contribution in [0.15, 0.2) is 12.1 Å². The molecular formula is C16H23ClN2O. The van der Waals surface area contributed by atoms with Crippen molar-refractivity contribution < 1.29 is 4.79 Å². The molecule has 0 unspecified atom stereocenters. The minimum absolute atomic E-state index is 0. The number of nitrogens with zero attached hydrogens (tertiary/aromatic N) is 1. The fourth-order valence-corrected chi connectivity index (χ4v) is 3.29. The maximum atomic E-state index is 12.7. The Bertz CT molecular complexity index is 527. The average molecular weight is 295 g/mol. The summed E-state index contributed by atoms with van der Waals surface area (Å²) in [5.41, 5.74) is 4.82. The SMILES string of the molecule is CCc1cc(C(C)C)c2c(c1)[C@@H]1CNCCN1C2=O.Cl. The molecule has 1 N–H and O–H groups in total. The zero-order valence-electron chi connectivity index (χ0n) is 12.4. The summed E-state index contributed by atoms with van der Waals surface area (Å²) in [5.74, 6) is 0.645. The number of carbonyl (C=O) groups is 1. The van der Waals surface area contributed by atoms with E-state index in [9.17, 15) is 4.79 Å². The molecule has 0 aromatic heterocycles. The molecule has 1 aromatic carbocycles. The summed E-state index contributed by atoms with van der Waals surface area (Å²) in [5, 5.41) is 3.41. The van der Waals surface area contributed by atoms with Gasteiger partial charge in [-0.15, -0.1) is 12.4 Å². The van der Waals surface area contributed by atoms with Crippen molar-refractivity contribution in [2.75, 3.05) is 19.6 Å². The van der Waals surface area contributed by atoms with Crippen LogP contribution in [0.3, 0.4) is 0 Å². The summed E-state index contributed by atoms with van der Waals surface area (Å²) in [6.07, 6.45) is 1.03. The molecule has 4 heteroatoms. The van der Waals surface area contributed by atoms with E-state index in [0.29, 0.717) is 5.92 Å². The van der Waals surface area contributed by atoms with E-state index in [1.807, 2.05) is 4.90 Å². The first-order valence-corrected chi connectivity index (χ1v) is 7.31. The summed E-state index contributed by atoms with van der Waals surface area (Å²) in [6, 6.07) is 4.73. The molecule has 0 radical (unpaired) electrons. The Morgan fingerprint density at radius 3 is 2.80 bits per heavy atom. The molecule has 0 saturated carbocycles. The smallest absolute Gasteiger partial charge is 0.255 e. The highest BCUT2D eigenvalue weighted by atomic mass is 35.5. The number of piperazine rings is 1. The van der Waals surface area contributed by atoms with Crippen molar-refractivity contribution in [1.82, 2.24) is 10.2 Å². The highest BCUT2D eigenvalue weighted by Crippen LogP contribution is 2.39. The van der Waals surface area contributed by atoms with Gasteiger partial charge in [0.1, 0.15) is 0 Å². The van der Waals surface area contributed by atoms with E-state index in [1.54, 1.807) is 0 Å². The van der Waals surface area contributed by atoms with Crippen LogP contribution in [0.1, 0.15) is 59.8 Å². The van der Waals surface area contributed by atoms with E-state index in [2.05, 4.69) is 38.2 Å². The Hall–Kier alpha value is -1.06. The first-order valence-electron chi connectivity index (χ1n) is 7.31. The molecule has 20 heavy (non-hydrogen) atoms. The average Bonchev–Trinajstić information content (AvgIpc) is 2.72. The summed E-state index contributed by atoms with van der Waals surface area (Å²) >= 11 is 0. The molecule has 1 atom stereocenters. The third kappa shape index (κ3) is 2.23. The Balaban J connectivity index is 0.00000147. The molecule has 1 fully saturated rings. The quantitative estimate of drug-likeness (QED) is 0.910. The molecule has 1 aromatic rings. The Kier molecular flexibility index (Phi) is 4.40. The van der Waals surface area contributed by atoms with E-state index in [1.165, 1.54) is 16.7 Å². The number of hydrogen-bond donors (Lipinski definition) is 1. The lowest BCUT2D eigenvalue weighted by Crippen LogP contribution is -2.44. The number of aryl methyl sites for hydroxylation is 1. The molecule has 1 amide bonds. The van der Waals surface area contributed by atoms with Crippen molar-refractivity contribution >= 4 is 18.3 Å². The van der Waals surface area contributed by atoms with Crippen molar-refractivity contribution in [3.63, 3.8) is 0 Å². The minimum atomic E-state index is 0. The molecule has 0 bridgehead atoms. The van der Waals surface area contributed by atoms with E-state index in [0.717, 1.165) is 31.6 Å². The van der Waals surface area contributed by atoms with Crippen LogP contribution >= 0.6 is 12.4 Å². The van der Waals surface area contributed by atoms with Gasteiger partial charge >= 0.3 is 0 Å². The fourth-order valence-electron chi connectivity index (χ4n) is 3.29. The highest BCUT2D eigenvalue weighted by molar-refractivity contribution is 6.01. The number of carbonyl (C=O) groups excluding carboxylic acids is 1. The molecule has 2 aliphatic heterocycles. The highest BCUT2D eigenvalue weighted by Gasteiger charge is 2.39. The molecular weight excluding hydrogens is 272 g/mol. The summed E-state index contributed by atoms with van der Waals surface area (Å²) in [4.78, 5) is 14.7. The number of rotatable bonds is 2. The monoisotopic (exact) mass is 294 g/mol. The summed E-state index contributed by atoms with van der Waals surface area (Å²) < 4.78 is 0. The van der Waals surface area contributed by atoms with Crippen LogP contribution < -0.4 is 5.32 Å². The number of nitrogens with one attached hydrogen (secondary N) is 1. The molecule has 110 valence electrons. The van der Waals surface area contributed by atoms with Gasteiger partial charge in [0.2, 0.25) is 0 Å². The van der Waals surface area contributed by atoms with Crippen LogP contribution in [-0.2, 0) is 6.42 Å². The molecule has 0 spiro atoms. The predicted octanol–water partition coefficient (Wildman–Crippen LogP) is 2.89. The summed E-state index contributed by atoms with van der Waals surface area (Å²) in [7, 11) is 0. The number of fused-ring (bicyclic) bond motifs is 3. The van der Waals surface area contributed by atoms with Gasteiger partial charge in [-0.05, 0) is 29.0 Å². The summed E-state index contributed by atoms with van der Waals surface area (Å²) in [6.45, 7) is 9.17. The Labute approximate surface area is 127 Å². The standard InChI is InChI=1S/C16H22N2O.ClH/c1-4-11-7-12(10(2)3)15-13(8-11)14-9-17-5-6-18(14)16(15)19;/h7-8,10,14,17H,4-6,9H2,1-3H3;1H/t14-;/m0./s1. The second-order valence-corrected chi connectivity index (χ2v) is 5.88. The molecule has 2 aliphatic rings. The van der Waals surface area contributed by atoms with Crippen molar-refractivity contribution in [3.8, 4) is 0 Å². The van der Waals surface area contributed by atoms with Crippen LogP contribution in [0.4, 0.5) is 0 Å². The maximum Gasteiger partial charge on any atom is 0.255 e. The van der Waals surface area contributed by atoms with Crippen LogP contribution in [0.2, 0.25) is 0 Å². The number of hydrogen-bond acceptors (Lipinski definition) is 2. The van der Waals surface area contributed by atoms with Gasteiger partial charge < -0.3 is 10.2 Å². The van der Waals surface area contributed by atoms with Gasteiger partial charge in [0.15, 0.2) is 0 Å². The third-order valence-corrected chi connectivity index (χ3v) is 4.37. The van der Waals surface area contributed by atoms with Crippen molar-refractivity contribution in [1.29, 1.82) is 0 Å². The van der Waals surface area contributed by atoms with E-state index in [4.69, 9.17) is 0 Å². The van der Waals surface area contributed by atoms with Gasteiger partial charge in [0.25, 0.3) is 5.91 Å². The van der Waals surface area contributed by atoms with Crippen molar-refractivity contribution in [3.05, 3.63) is 34.4 Å². The van der Waals surface area contributed by atoms with Gasteiger partial charge in [0.05, 0.1) is 6.04 Å². The predicted molar refractivity (Wildman–Crippen MR) is 83.8 cm³/mol. The topological polar surface area (TPSA) is 32.3 Å². The van der Waals surface area contributed by atoms with Gasteiger partial charge in [0, 0.05) is 25.2 Å². The third-order valence-electron chi connectivity index (χ3n) is 4.37. The van der Waals surface area contributed by atoms with E-state index in [-0.39, 0.29) is 24.4 Å².